The van der Waals surface area contributed by atoms with Crippen molar-refractivity contribution in [1.29, 1.82) is 0 Å². The third-order valence-electron chi connectivity index (χ3n) is 4.99. The molecule has 4 rings (SSSR count). The number of carbonyl (C=O) groups is 2. The fraction of sp³-hybridized carbons (Fsp3) is 0.0800. The molecule has 0 atom stereocenters. The minimum absolute atomic E-state index is 0.0557. The lowest BCUT2D eigenvalue weighted by molar-refractivity contribution is 0.101. The number of pyridine rings is 1. The van der Waals surface area contributed by atoms with Crippen molar-refractivity contribution in [3.63, 3.8) is 0 Å². The van der Waals surface area contributed by atoms with Crippen LogP contribution in [0.3, 0.4) is 0 Å². The molecule has 0 saturated heterocycles. The first-order chi connectivity index (χ1) is 14.4. The minimum atomic E-state index is -0.255. The van der Waals surface area contributed by atoms with Gasteiger partial charge in [-0.2, -0.15) is 0 Å². The quantitative estimate of drug-likeness (QED) is 0.397. The normalized spacial score (nSPS) is 10.8. The first kappa shape index (κ1) is 19.8. The van der Waals surface area contributed by atoms with Gasteiger partial charge < -0.3 is 5.32 Å². The molecule has 1 aromatic heterocycles. The maximum Gasteiger partial charge on any atom is 0.256 e. The fourth-order valence-corrected chi connectivity index (χ4v) is 3.72. The lowest BCUT2D eigenvalue weighted by Gasteiger charge is -2.15. The van der Waals surface area contributed by atoms with Crippen molar-refractivity contribution in [2.24, 2.45) is 0 Å². The molecule has 30 heavy (non-hydrogen) atoms. The zero-order chi connectivity index (χ0) is 21.3. The summed E-state index contributed by atoms with van der Waals surface area (Å²) in [5.41, 5.74) is 4.69. The summed E-state index contributed by atoms with van der Waals surface area (Å²) in [7, 11) is 0. The Labute approximate surface area is 179 Å². The van der Waals surface area contributed by atoms with E-state index in [0.717, 1.165) is 22.0 Å². The Morgan fingerprint density at radius 1 is 0.933 bits per heavy atom. The van der Waals surface area contributed by atoms with E-state index < -0.39 is 0 Å². The lowest BCUT2D eigenvalue weighted by atomic mass is 9.97. The third kappa shape index (κ3) is 3.82. The van der Waals surface area contributed by atoms with Gasteiger partial charge in [0.05, 0.1) is 16.8 Å². The van der Waals surface area contributed by atoms with Crippen LogP contribution in [0.4, 0.5) is 5.69 Å². The Kier molecular flexibility index (Phi) is 5.34. The minimum Gasteiger partial charge on any atom is -0.322 e. The van der Waals surface area contributed by atoms with Crippen molar-refractivity contribution in [1.82, 2.24) is 4.98 Å². The number of Topliss-reactive ketones (excluding diaryl/α,β-unsaturated/α-hetero) is 1. The molecular weight excluding hydrogens is 396 g/mol. The Bertz CT molecular complexity index is 1300. The molecular formula is C25H19ClN2O2. The average Bonchev–Trinajstić information content (AvgIpc) is 2.73. The molecule has 0 unspecified atom stereocenters. The first-order valence-electron chi connectivity index (χ1n) is 9.51. The second-order valence-electron chi connectivity index (χ2n) is 7.08. The van der Waals surface area contributed by atoms with Crippen LogP contribution in [0.15, 0.2) is 72.8 Å². The molecule has 5 heteroatoms. The van der Waals surface area contributed by atoms with E-state index in [1.54, 1.807) is 30.3 Å². The monoisotopic (exact) mass is 414 g/mol. The van der Waals surface area contributed by atoms with Crippen LogP contribution in [-0.4, -0.2) is 16.7 Å². The van der Waals surface area contributed by atoms with E-state index >= 15 is 0 Å². The summed E-state index contributed by atoms with van der Waals surface area (Å²) in [6.45, 7) is 3.38. The molecule has 0 fully saturated rings. The van der Waals surface area contributed by atoms with E-state index in [9.17, 15) is 9.59 Å². The number of para-hydroxylation sites is 1. The van der Waals surface area contributed by atoms with Crippen molar-refractivity contribution in [3.8, 4) is 11.3 Å². The number of anilines is 1. The van der Waals surface area contributed by atoms with Gasteiger partial charge in [0.25, 0.3) is 5.91 Å². The Balaban J connectivity index is 1.85. The number of ketones is 1. The van der Waals surface area contributed by atoms with Crippen LogP contribution in [0.25, 0.3) is 22.2 Å². The number of aromatic nitrogens is 1. The second kappa shape index (κ2) is 8.09. The van der Waals surface area contributed by atoms with Crippen LogP contribution < -0.4 is 5.32 Å². The third-order valence-corrected chi connectivity index (χ3v) is 5.22. The number of halogens is 1. The number of amides is 1. The molecule has 4 nitrogen and oxygen atoms in total. The van der Waals surface area contributed by atoms with Gasteiger partial charge in [0.15, 0.2) is 5.78 Å². The second-order valence-corrected chi connectivity index (χ2v) is 7.52. The molecule has 0 bridgehead atoms. The maximum atomic E-state index is 13.3. The van der Waals surface area contributed by atoms with E-state index in [4.69, 9.17) is 16.6 Å². The molecule has 148 valence electrons. The molecule has 0 spiro atoms. The Morgan fingerprint density at radius 2 is 1.70 bits per heavy atom. The summed E-state index contributed by atoms with van der Waals surface area (Å²) in [6.07, 6.45) is 0. The van der Waals surface area contributed by atoms with Crippen LogP contribution in [0.1, 0.15) is 33.2 Å². The van der Waals surface area contributed by atoms with Gasteiger partial charge >= 0.3 is 0 Å². The average molecular weight is 415 g/mol. The van der Waals surface area contributed by atoms with E-state index in [0.29, 0.717) is 27.5 Å². The molecule has 0 radical (unpaired) electrons. The molecule has 3 aromatic carbocycles. The highest BCUT2D eigenvalue weighted by molar-refractivity contribution is 6.30. The van der Waals surface area contributed by atoms with Crippen LogP contribution in [0.2, 0.25) is 5.02 Å². The zero-order valence-electron chi connectivity index (χ0n) is 16.6. The topological polar surface area (TPSA) is 59.1 Å². The number of fused-ring (bicyclic) bond motifs is 1. The van der Waals surface area contributed by atoms with E-state index in [1.807, 2.05) is 49.4 Å². The summed E-state index contributed by atoms with van der Waals surface area (Å²) in [4.78, 5) is 29.8. The van der Waals surface area contributed by atoms with Crippen molar-refractivity contribution in [2.75, 3.05) is 5.32 Å². The van der Waals surface area contributed by atoms with Crippen molar-refractivity contribution >= 4 is 39.9 Å². The summed E-state index contributed by atoms with van der Waals surface area (Å²) in [5, 5.41) is 4.30. The van der Waals surface area contributed by atoms with Gasteiger partial charge in [-0.05, 0) is 49.7 Å². The number of benzene rings is 3. The van der Waals surface area contributed by atoms with Gasteiger partial charge in [-0.15, -0.1) is 0 Å². The van der Waals surface area contributed by atoms with Crippen molar-refractivity contribution in [2.45, 2.75) is 13.8 Å². The van der Waals surface area contributed by atoms with Gasteiger partial charge in [0.2, 0.25) is 0 Å². The van der Waals surface area contributed by atoms with Gasteiger partial charge in [0.1, 0.15) is 0 Å². The smallest absolute Gasteiger partial charge is 0.256 e. The Hall–Kier alpha value is -3.50. The number of hydrogen-bond acceptors (Lipinski definition) is 3. The fourth-order valence-electron chi connectivity index (χ4n) is 3.53. The number of rotatable bonds is 4. The highest BCUT2D eigenvalue weighted by Gasteiger charge is 2.19. The SMILES string of the molecule is CC(=O)c1cccc(NC(=O)c2c(C)c(-c3cccc(Cl)c3)nc3ccccc23)c1. The van der Waals surface area contributed by atoms with E-state index in [1.165, 1.54) is 6.92 Å². The predicted octanol–water partition coefficient (Wildman–Crippen LogP) is 6.32. The van der Waals surface area contributed by atoms with E-state index in [2.05, 4.69) is 5.32 Å². The van der Waals surface area contributed by atoms with Gasteiger partial charge in [-0.25, -0.2) is 4.98 Å². The van der Waals surface area contributed by atoms with Crippen LogP contribution >= 0.6 is 11.6 Å². The molecule has 1 amide bonds. The van der Waals surface area contributed by atoms with Gasteiger partial charge in [0, 0.05) is 27.2 Å². The molecule has 0 aliphatic rings. The Morgan fingerprint density at radius 3 is 2.47 bits per heavy atom. The number of carbonyl (C=O) groups excluding carboxylic acids is 2. The molecule has 1 N–H and O–H groups in total. The van der Waals surface area contributed by atoms with Crippen molar-refractivity contribution in [3.05, 3.63) is 94.5 Å². The van der Waals surface area contributed by atoms with Crippen LogP contribution in [0, 0.1) is 6.92 Å². The predicted molar refractivity (Wildman–Crippen MR) is 121 cm³/mol. The first-order valence-corrected chi connectivity index (χ1v) is 9.89. The number of nitrogens with one attached hydrogen (secondary N) is 1. The molecule has 4 aromatic rings. The largest absolute Gasteiger partial charge is 0.322 e. The van der Waals surface area contributed by atoms with Gasteiger partial charge in [-0.1, -0.05) is 54.1 Å². The molecule has 0 aliphatic heterocycles. The lowest BCUT2D eigenvalue weighted by Crippen LogP contribution is -2.15. The standard InChI is InChI=1S/C25H19ClN2O2/c1-15-23(25(30)27-20-10-6-7-17(14-20)16(2)29)21-11-3-4-12-22(21)28-24(15)18-8-5-9-19(26)13-18/h3-14H,1-2H3,(H,27,30). The summed E-state index contributed by atoms with van der Waals surface area (Å²) >= 11 is 6.18. The van der Waals surface area contributed by atoms with Gasteiger partial charge in [-0.3, -0.25) is 9.59 Å². The van der Waals surface area contributed by atoms with Crippen LogP contribution in [0.5, 0.6) is 0 Å². The highest BCUT2D eigenvalue weighted by atomic mass is 35.5. The van der Waals surface area contributed by atoms with Crippen molar-refractivity contribution < 1.29 is 9.59 Å². The number of hydrogen-bond donors (Lipinski definition) is 1. The molecule has 1 heterocycles. The summed E-state index contributed by atoms with van der Waals surface area (Å²) in [6, 6.07) is 21.9. The number of nitrogens with zero attached hydrogens (tertiary/aromatic N) is 1. The van der Waals surface area contributed by atoms with Crippen LogP contribution in [-0.2, 0) is 0 Å². The molecule has 0 aliphatic carbocycles. The maximum absolute atomic E-state index is 13.3. The highest BCUT2D eigenvalue weighted by Crippen LogP contribution is 2.31. The summed E-state index contributed by atoms with van der Waals surface area (Å²) < 4.78 is 0. The van der Waals surface area contributed by atoms with E-state index in [-0.39, 0.29) is 11.7 Å². The molecule has 0 saturated carbocycles. The zero-order valence-corrected chi connectivity index (χ0v) is 17.3. The summed E-state index contributed by atoms with van der Waals surface area (Å²) in [5.74, 6) is -0.310.